The summed E-state index contributed by atoms with van der Waals surface area (Å²) in [5, 5.41) is 3.03. The van der Waals surface area contributed by atoms with Crippen LogP contribution >= 0.6 is 9.90 Å². The largest absolute Gasteiger partial charge is 0.356 e. The summed E-state index contributed by atoms with van der Waals surface area (Å²) in [4.78, 5) is 11.7. The Morgan fingerprint density at radius 3 is 2.79 bits per heavy atom. The fraction of sp³-hybridized carbons (Fsp3) is 0.909. The van der Waals surface area contributed by atoms with Crippen LogP contribution in [0.2, 0.25) is 0 Å². The van der Waals surface area contributed by atoms with E-state index >= 15 is 0 Å². The van der Waals surface area contributed by atoms with Crippen LogP contribution in [-0.4, -0.2) is 12.5 Å². The third-order valence-corrected chi connectivity index (χ3v) is 3.93. The molecule has 0 aromatic carbocycles. The molecule has 0 bridgehead atoms. The number of hydrogen-bond donors (Lipinski definition) is 1. The SMILES string of the molecule is CC1(C)CCNC(=O)C2CCCC21.P. The van der Waals surface area contributed by atoms with Gasteiger partial charge in [0.2, 0.25) is 5.91 Å². The highest BCUT2D eigenvalue weighted by Gasteiger charge is 2.43. The number of fused-ring (bicyclic) bond motifs is 1. The van der Waals surface area contributed by atoms with Gasteiger partial charge in [0.15, 0.2) is 0 Å². The van der Waals surface area contributed by atoms with Crippen molar-refractivity contribution in [3.05, 3.63) is 0 Å². The maximum atomic E-state index is 11.7. The molecule has 1 saturated carbocycles. The number of carbonyl (C=O) groups excluding carboxylic acids is 1. The van der Waals surface area contributed by atoms with Gasteiger partial charge in [-0.25, -0.2) is 0 Å². The third kappa shape index (κ3) is 1.95. The van der Waals surface area contributed by atoms with E-state index in [0.717, 1.165) is 19.4 Å². The average molecular weight is 215 g/mol. The van der Waals surface area contributed by atoms with E-state index in [9.17, 15) is 4.79 Å². The zero-order valence-electron chi connectivity index (χ0n) is 9.31. The van der Waals surface area contributed by atoms with Crippen LogP contribution in [0.25, 0.3) is 0 Å². The zero-order valence-corrected chi connectivity index (χ0v) is 10.7. The average Bonchev–Trinajstić information content (AvgIpc) is 2.48. The van der Waals surface area contributed by atoms with Crippen LogP contribution in [0, 0.1) is 17.3 Å². The van der Waals surface area contributed by atoms with E-state index in [4.69, 9.17) is 0 Å². The summed E-state index contributed by atoms with van der Waals surface area (Å²) in [7, 11) is 0. The second-order valence-corrected chi connectivity index (χ2v) is 5.17. The molecule has 82 valence electrons. The number of amides is 1. The molecule has 2 aliphatic rings. The smallest absolute Gasteiger partial charge is 0.223 e. The van der Waals surface area contributed by atoms with Crippen LogP contribution in [-0.2, 0) is 4.79 Å². The molecule has 1 aliphatic heterocycles. The Hall–Kier alpha value is -0.100. The van der Waals surface area contributed by atoms with Crippen molar-refractivity contribution >= 4 is 15.8 Å². The summed E-state index contributed by atoms with van der Waals surface area (Å²) in [6.07, 6.45) is 4.75. The minimum Gasteiger partial charge on any atom is -0.356 e. The summed E-state index contributed by atoms with van der Waals surface area (Å²) in [6, 6.07) is 0. The summed E-state index contributed by atoms with van der Waals surface area (Å²) in [5.41, 5.74) is 0.361. The Morgan fingerprint density at radius 2 is 2.07 bits per heavy atom. The molecule has 3 heteroatoms. The quantitative estimate of drug-likeness (QED) is 0.615. The van der Waals surface area contributed by atoms with Crippen molar-refractivity contribution in [2.75, 3.05) is 6.54 Å². The Bertz CT molecular complexity index is 227. The van der Waals surface area contributed by atoms with E-state index in [-0.39, 0.29) is 9.90 Å². The molecule has 1 amide bonds. The van der Waals surface area contributed by atoms with Crippen LogP contribution in [0.1, 0.15) is 39.5 Å². The van der Waals surface area contributed by atoms with Crippen LogP contribution in [0.15, 0.2) is 0 Å². The van der Waals surface area contributed by atoms with Crippen LogP contribution in [0.4, 0.5) is 0 Å². The standard InChI is InChI=1S/C11H19NO.H3P/c1-11(2)6-7-12-10(13)8-4-3-5-9(8)11;/h8-9H,3-7H2,1-2H3,(H,12,13);1H3. The van der Waals surface area contributed by atoms with Gasteiger partial charge in [-0.15, -0.1) is 0 Å². The molecule has 0 aromatic rings. The number of nitrogens with one attached hydrogen (secondary N) is 1. The lowest BCUT2D eigenvalue weighted by Gasteiger charge is -2.32. The van der Waals surface area contributed by atoms with Gasteiger partial charge >= 0.3 is 0 Å². The highest BCUT2D eigenvalue weighted by molar-refractivity contribution is 6.92. The summed E-state index contributed by atoms with van der Waals surface area (Å²) in [5.74, 6) is 1.26. The Balaban J connectivity index is 0.000000980. The molecule has 0 spiro atoms. The van der Waals surface area contributed by atoms with Crippen molar-refractivity contribution in [3.63, 3.8) is 0 Å². The van der Waals surface area contributed by atoms with E-state index in [0.29, 0.717) is 23.2 Å². The first-order chi connectivity index (χ1) is 6.11. The molecule has 14 heavy (non-hydrogen) atoms. The fourth-order valence-electron chi connectivity index (χ4n) is 3.03. The van der Waals surface area contributed by atoms with Gasteiger partial charge in [-0.3, -0.25) is 4.79 Å². The second-order valence-electron chi connectivity index (χ2n) is 5.17. The first-order valence-corrected chi connectivity index (χ1v) is 5.39. The second kappa shape index (κ2) is 4.18. The molecule has 3 atom stereocenters. The predicted octanol–water partition coefficient (Wildman–Crippen LogP) is 2.01. The van der Waals surface area contributed by atoms with Crippen LogP contribution in [0.3, 0.4) is 0 Å². The van der Waals surface area contributed by atoms with Crippen molar-refractivity contribution in [2.24, 2.45) is 17.3 Å². The van der Waals surface area contributed by atoms with E-state index in [1.54, 1.807) is 0 Å². The van der Waals surface area contributed by atoms with Gasteiger partial charge < -0.3 is 5.32 Å². The van der Waals surface area contributed by atoms with Gasteiger partial charge in [0.05, 0.1) is 0 Å². The van der Waals surface area contributed by atoms with Gasteiger partial charge in [-0.1, -0.05) is 20.3 Å². The molecule has 1 N–H and O–H groups in total. The summed E-state index contributed by atoms with van der Waals surface area (Å²) < 4.78 is 0. The zero-order chi connectivity index (χ0) is 9.47. The molecular formula is C11H22NOP. The Morgan fingerprint density at radius 1 is 1.36 bits per heavy atom. The Kier molecular flexibility index (Phi) is 3.58. The number of carbonyl (C=O) groups is 1. The molecular weight excluding hydrogens is 193 g/mol. The maximum Gasteiger partial charge on any atom is 0.223 e. The highest BCUT2D eigenvalue weighted by atomic mass is 31.0. The highest BCUT2D eigenvalue weighted by Crippen LogP contribution is 2.46. The topological polar surface area (TPSA) is 29.1 Å². The molecule has 1 saturated heterocycles. The van der Waals surface area contributed by atoms with Gasteiger partial charge in [0.25, 0.3) is 0 Å². The molecule has 0 radical (unpaired) electrons. The lowest BCUT2D eigenvalue weighted by Crippen LogP contribution is -2.31. The lowest BCUT2D eigenvalue weighted by molar-refractivity contribution is -0.126. The van der Waals surface area contributed by atoms with E-state index in [2.05, 4.69) is 19.2 Å². The first kappa shape index (κ1) is 12.0. The van der Waals surface area contributed by atoms with Crippen molar-refractivity contribution < 1.29 is 4.79 Å². The van der Waals surface area contributed by atoms with Gasteiger partial charge in [0, 0.05) is 12.5 Å². The molecule has 1 aliphatic carbocycles. The van der Waals surface area contributed by atoms with E-state index < -0.39 is 0 Å². The molecule has 2 fully saturated rings. The fourth-order valence-corrected chi connectivity index (χ4v) is 3.03. The summed E-state index contributed by atoms with van der Waals surface area (Å²) >= 11 is 0. The molecule has 3 unspecified atom stereocenters. The van der Waals surface area contributed by atoms with Crippen molar-refractivity contribution in [2.45, 2.75) is 39.5 Å². The first-order valence-electron chi connectivity index (χ1n) is 5.39. The lowest BCUT2D eigenvalue weighted by atomic mass is 9.72. The monoisotopic (exact) mass is 215 g/mol. The third-order valence-electron chi connectivity index (χ3n) is 3.93. The molecule has 1 heterocycles. The van der Waals surface area contributed by atoms with Crippen molar-refractivity contribution in [1.82, 2.24) is 5.32 Å². The van der Waals surface area contributed by atoms with Gasteiger partial charge in [0.1, 0.15) is 0 Å². The molecule has 2 rings (SSSR count). The maximum absolute atomic E-state index is 11.7. The van der Waals surface area contributed by atoms with Crippen molar-refractivity contribution in [1.29, 1.82) is 0 Å². The van der Waals surface area contributed by atoms with Crippen LogP contribution < -0.4 is 5.32 Å². The summed E-state index contributed by atoms with van der Waals surface area (Å²) in [6.45, 7) is 5.51. The minimum atomic E-state index is 0. The van der Waals surface area contributed by atoms with Crippen LogP contribution in [0.5, 0.6) is 0 Å². The molecule has 2 nitrogen and oxygen atoms in total. The van der Waals surface area contributed by atoms with Crippen molar-refractivity contribution in [3.8, 4) is 0 Å². The minimum absolute atomic E-state index is 0. The van der Waals surface area contributed by atoms with E-state index in [1.165, 1.54) is 12.8 Å². The van der Waals surface area contributed by atoms with Gasteiger partial charge in [-0.2, -0.15) is 9.90 Å². The number of rotatable bonds is 0. The molecule has 0 aromatic heterocycles. The Labute approximate surface area is 89.8 Å². The van der Waals surface area contributed by atoms with E-state index in [1.807, 2.05) is 0 Å². The normalized spacial score (nSPS) is 35.1. The number of hydrogen-bond acceptors (Lipinski definition) is 1. The predicted molar refractivity (Wildman–Crippen MR) is 63.3 cm³/mol. The van der Waals surface area contributed by atoms with Gasteiger partial charge in [-0.05, 0) is 30.6 Å².